The fourth-order valence-corrected chi connectivity index (χ4v) is 4.32. The van der Waals surface area contributed by atoms with Crippen LogP contribution in [0.15, 0.2) is 28.7 Å². The first-order chi connectivity index (χ1) is 14.1. The van der Waals surface area contributed by atoms with Gasteiger partial charge in [0.15, 0.2) is 11.5 Å². The Bertz CT molecular complexity index is 816. The molecular weight excluding hydrogens is 370 g/mol. The highest BCUT2D eigenvalue weighted by Gasteiger charge is 2.30. The lowest BCUT2D eigenvalue weighted by atomic mass is 9.96. The normalized spacial score (nSPS) is 19.6. The summed E-state index contributed by atoms with van der Waals surface area (Å²) in [6.45, 7) is 5.71. The number of amides is 1. The standard InChI is InChI=1S/C22H29N3O4/c1-2-28-22(27)17-7-11-24(12-8-17)15-20(26)25-13-9-16(10-14-25)21-23-18-5-3-4-6-19(18)29-21/h3-6,16-17H,2,7-15H2,1H3. The molecule has 4 rings (SSSR count). The molecule has 2 aliphatic rings. The number of fused-ring (bicyclic) bond motifs is 1. The average molecular weight is 399 g/mol. The fourth-order valence-electron chi connectivity index (χ4n) is 4.32. The van der Waals surface area contributed by atoms with Crippen molar-refractivity contribution in [2.75, 3.05) is 39.3 Å². The van der Waals surface area contributed by atoms with Gasteiger partial charge < -0.3 is 14.1 Å². The van der Waals surface area contributed by atoms with E-state index in [1.54, 1.807) is 0 Å². The van der Waals surface area contributed by atoms with E-state index in [4.69, 9.17) is 9.15 Å². The van der Waals surface area contributed by atoms with Crippen LogP contribution in [-0.2, 0) is 14.3 Å². The third-order valence-corrected chi connectivity index (χ3v) is 6.07. The van der Waals surface area contributed by atoms with E-state index < -0.39 is 0 Å². The lowest BCUT2D eigenvalue weighted by Gasteiger charge is -2.34. The van der Waals surface area contributed by atoms with Crippen molar-refractivity contribution in [3.63, 3.8) is 0 Å². The van der Waals surface area contributed by atoms with E-state index in [0.29, 0.717) is 13.2 Å². The SMILES string of the molecule is CCOC(=O)C1CCN(CC(=O)N2CCC(c3nc4ccccc4o3)CC2)CC1. The van der Waals surface area contributed by atoms with Crippen molar-refractivity contribution in [3.8, 4) is 0 Å². The summed E-state index contributed by atoms with van der Waals surface area (Å²) in [5.74, 6) is 1.12. The molecule has 0 N–H and O–H groups in total. The molecule has 29 heavy (non-hydrogen) atoms. The molecule has 1 aromatic heterocycles. The fraction of sp³-hybridized carbons (Fsp3) is 0.591. The zero-order valence-electron chi connectivity index (χ0n) is 17.0. The second kappa shape index (κ2) is 8.95. The molecule has 0 bridgehead atoms. The summed E-state index contributed by atoms with van der Waals surface area (Å²) >= 11 is 0. The summed E-state index contributed by atoms with van der Waals surface area (Å²) in [4.78, 5) is 33.3. The topological polar surface area (TPSA) is 75.9 Å². The number of para-hydroxylation sites is 2. The number of aromatic nitrogens is 1. The van der Waals surface area contributed by atoms with Crippen LogP contribution >= 0.6 is 0 Å². The number of piperidine rings is 2. The predicted octanol–water partition coefficient (Wildman–Crippen LogP) is 2.81. The second-order valence-electron chi connectivity index (χ2n) is 7.98. The highest BCUT2D eigenvalue weighted by atomic mass is 16.5. The smallest absolute Gasteiger partial charge is 0.309 e. The molecule has 7 heteroatoms. The number of ether oxygens (including phenoxy) is 1. The Kier molecular flexibility index (Phi) is 6.13. The second-order valence-corrected chi connectivity index (χ2v) is 7.98. The number of carbonyl (C=O) groups is 2. The van der Waals surface area contributed by atoms with Crippen LogP contribution in [0.3, 0.4) is 0 Å². The summed E-state index contributed by atoms with van der Waals surface area (Å²) < 4.78 is 11.0. The Hall–Kier alpha value is -2.41. The molecule has 3 heterocycles. The van der Waals surface area contributed by atoms with Crippen LogP contribution in [0.25, 0.3) is 11.1 Å². The molecule has 2 fully saturated rings. The van der Waals surface area contributed by atoms with E-state index in [0.717, 1.165) is 68.9 Å². The number of hydrogen-bond acceptors (Lipinski definition) is 6. The van der Waals surface area contributed by atoms with Gasteiger partial charge in [-0.1, -0.05) is 12.1 Å². The first kappa shape index (κ1) is 19.9. The van der Waals surface area contributed by atoms with Gasteiger partial charge in [-0.3, -0.25) is 14.5 Å². The van der Waals surface area contributed by atoms with Crippen LogP contribution in [0.5, 0.6) is 0 Å². The first-order valence-electron chi connectivity index (χ1n) is 10.7. The van der Waals surface area contributed by atoms with Gasteiger partial charge in [0.05, 0.1) is 19.1 Å². The van der Waals surface area contributed by atoms with Gasteiger partial charge in [-0.2, -0.15) is 0 Å². The van der Waals surface area contributed by atoms with E-state index in [-0.39, 0.29) is 23.7 Å². The van der Waals surface area contributed by atoms with Crippen molar-refractivity contribution in [2.45, 2.75) is 38.5 Å². The molecule has 0 atom stereocenters. The van der Waals surface area contributed by atoms with Crippen molar-refractivity contribution in [2.24, 2.45) is 5.92 Å². The highest BCUT2D eigenvalue weighted by molar-refractivity contribution is 5.78. The first-order valence-corrected chi connectivity index (χ1v) is 10.7. The van der Waals surface area contributed by atoms with Crippen LogP contribution in [0.2, 0.25) is 0 Å². The third kappa shape index (κ3) is 4.61. The summed E-state index contributed by atoms with van der Waals surface area (Å²) in [6.07, 6.45) is 3.30. The molecule has 156 valence electrons. The minimum Gasteiger partial charge on any atom is -0.466 e. The van der Waals surface area contributed by atoms with E-state index in [9.17, 15) is 9.59 Å². The largest absolute Gasteiger partial charge is 0.466 e. The molecule has 0 radical (unpaired) electrons. The van der Waals surface area contributed by atoms with Crippen molar-refractivity contribution >= 4 is 23.0 Å². The van der Waals surface area contributed by atoms with Crippen molar-refractivity contribution in [1.82, 2.24) is 14.8 Å². The third-order valence-electron chi connectivity index (χ3n) is 6.07. The lowest BCUT2D eigenvalue weighted by molar-refractivity contribution is -0.149. The van der Waals surface area contributed by atoms with Crippen LogP contribution < -0.4 is 0 Å². The monoisotopic (exact) mass is 399 g/mol. The molecule has 7 nitrogen and oxygen atoms in total. The number of hydrogen-bond donors (Lipinski definition) is 0. The van der Waals surface area contributed by atoms with Crippen LogP contribution in [0.4, 0.5) is 0 Å². The maximum Gasteiger partial charge on any atom is 0.309 e. The molecule has 1 amide bonds. The summed E-state index contributed by atoms with van der Waals surface area (Å²) in [6, 6.07) is 7.82. The maximum absolute atomic E-state index is 12.7. The Morgan fingerprint density at radius 2 is 1.83 bits per heavy atom. The minimum atomic E-state index is -0.0975. The van der Waals surface area contributed by atoms with Gasteiger partial charge in [0, 0.05) is 19.0 Å². The molecular formula is C22H29N3O4. The van der Waals surface area contributed by atoms with Crippen molar-refractivity contribution < 1.29 is 18.7 Å². The molecule has 0 aliphatic carbocycles. The molecule has 0 spiro atoms. The van der Waals surface area contributed by atoms with E-state index >= 15 is 0 Å². The van der Waals surface area contributed by atoms with Crippen molar-refractivity contribution in [3.05, 3.63) is 30.2 Å². The highest BCUT2D eigenvalue weighted by Crippen LogP contribution is 2.30. The van der Waals surface area contributed by atoms with Gasteiger partial charge in [0.2, 0.25) is 5.91 Å². The number of nitrogens with zero attached hydrogens (tertiary/aromatic N) is 3. The van der Waals surface area contributed by atoms with Crippen LogP contribution in [0.1, 0.15) is 44.4 Å². The number of benzene rings is 1. The van der Waals surface area contributed by atoms with E-state index in [1.807, 2.05) is 36.1 Å². The van der Waals surface area contributed by atoms with Gasteiger partial charge in [-0.05, 0) is 57.8 Å². The Morgan fingerprint density at radius 1 is 1.10 bits per heavy atom. The van der Waals surface area contributed by atoms with E-state index in [2.05, 4.69) is 9.88 Å². The van der Waals surface area contributed by atoms with Gasteiger partial charge in [0.1, 0.15) is 5.52 Å². The molecule has 2 saturated heterocycles. The van der Waals surface area contributed by atoms with Crippen molar-refractivity contribution in [1.29, 1.82) is 0 Å². The summed E-state index contributed by atoms with van der Waals surface area (Å²) in [5.41, 5.74) is 1.72. The average Bonchev–Trinajstić information content (AvgIpc) is 3.19. The van der Waals surface area contributed by atoms with Gasteiger partial charge in [0.25, 0.3) is 0 Å². The van der Waals surface area contributed by atoms with Gasteiger partial charge in [-0.25, -0.2) is 4.98 Å². The quantitative estimate of drug-likeness (QED) is 0.720. The number of esters is 1. The number of rotatable bonds is 5. The number of likely N-dealkylation sites (tertiary alicyclic amines) is 2. The molecule has 0 saturated carbocycles. The van der Waals surface area contributed by atoms with Gasteiger partial charge >= 0.3 is 5.97 Å². The Morgan fingerprint density at radius 3 is 2.52 bits per heavy atom. The zero-order chi connectivity index (χ0) is 20.2. The lowest BCUT2D eigenvalue weighted by Crippen LogP contribution is -2.46. The predicted molar refractivity (Wildman–Crippen MR) is 108 cm³/mol. The Labute approximate surface area is 171 Å². The van der Waals surface area contributed by atoms with Gasteiger partial charge in [-0.15, -0.1) is 0 Å². The van der Waals surface area contributed by atoms with Crippen LogP contribution in [-0.4, -0.2) is 66.0 Å². The number of oxazole rings is 1. The minimum absolute atomic E-state index is 0.0200. The zero-order valence-corrected chi connectivity index (χ0v) is 17.0. The maximum atomic E-state index is 12.7. The summed E-state index contributed by atoms with van der Waals surface area (Å²) in [7, 11) is 0. The molecule has 2 aromatic rings. The Balaban J connectivity index is 1.24. The molecule has 2 aliphatic heterocycles. The van der Waals surface area contributed by atoms with Crippen LogP contribution in [0, 0.1) is 5.92 Å². The molecule has 0 unspecified atom stereocenters. The van der Waals surface area contributed by atoms with E-state index in [1.165, 1.54) is 0 Å². The molecule has 1 aromatic carbocycles. The number of carbonyl (C=O) groups excluding carboxylic acids is 2. The summed E-state index contributed by atoms with van der Waals surface area (Å²) in [5, 5.41) is 0.